The fourth-order valence-electron chi connectivity index (χ4n) is 2.50. The van der Waals surface area contributed by atoms with Gasteiger partial charge < -0.3 is 14.2 Å². The minimum absolute atomic E-state index is 0.249. The summed E-state index contributed by atoms with van der Waals surface area (Å²) in [7, 11) is 0. The van der Waals surface area contributed by atoms with Crippen LogP contribution in [0.4, 0.5) is 0 Å². The fourth-order valence-corrected chi connectivity index (χ4v) is 2.50. The van der Waals surface area contributed by atoms with Crippen LogP contribution in [0.5, 0.6) is 0 Å². The molecule has 0 unspecified atom stereocenters. The Labute approximate surface area is 119 Å². The zero-order valence-corrected chi connectivity index (χ0v) is 11.1. The molecule has 1 aromatic carbocycles. The van der Waals surface area contributed by atoms with Crippen molar-refractivity contribution in [1.29, 1.82) is 0 Å². The van der Waals surface area contributed by atoms with Gasteiger partial charge in [-0.1, -0.05) is 5.16 Å². The van der Waals surface area contributed by atoms with Crippen molar-refractivity contribution in [2.24, 2.45) is 0 Å². The van der Waals surface area contributed by atoms with Crippen LogP contribution in [0.3, 0.4) is 0 Å². The predicted molar refractivity (Wildman–Crippen MR) is 72.1 cm³/mol. The summed E-state index contributed by atoms with van der Waals surface area (Å²) < 4.78 is 6.75. The van der Waals surface area contributed by atoms with Crippen LogP contribution in [0.2, 0.25) is 0 Å². The van der Waals surface area contributed by atoms with Gasteiger partial charge in [0.15, 0.2) is 5.82 Å². The molecule has 0 amide bonds. The molecule has 0 aliphatic heterocycles. The van der Waals surface area contributed by atoms with Gasteiger partial charge in [0.25, 0.3) is 0 Å². The molecule has 21 heavy (non-hydrogen) atoms. The first-order valence-corrected chi connectivity index (χ1v) is 6.71. The van der Waals surface area contributed by atoms with Crippen molar-refractivity contribution >= 4 is 17.0 Å². The van der Waals surface area contributed by atoms with Gasteiger partial charge in [-0.2, -0.15) is 4.98 Å². The molecule has 0 bridgehead atoms. The van der Waals surface area contributed by atoms with Crippen LogP contribution in [0.1, 0.15) is 40.8 Å². The predicted octanol–water partition coefficient (Wildman–Crippen LogP) is 2.04. The molecule has 1 N–H and O–H groups in total. The summed E-state index contributed by atoms with van der Waals surface area (Å²) in [5, 5.41) is 13.0. The van der Waals surface area contributed by atoms with Gasteiger partial charge in [-0.3, -0.25) is 0 Å². The van der Waals surface area contributed by atoms with Gasteiger partial charge in [-0.15, -0.1) is 0 Å². The lowest BCUT2D eigenvalue weighted by Crippen LogP contribution is -2.06. The lowest BCUT2D eigenvalue weighted by molar-refractivity contribution is 0.0697. The number of carboxylic acid groups (broad SMARTS) is 1. The van der Waals surface area contributed by atoms with Crippen LogP contribution in [0.25, 0.3) is 11.0 Å². The van der Waals surface area contributed by atoms with Gasteiger partial charge in [-0.25, -0.2) is 9.78 Å². The van der Waals surface area contributed by atoms with Gasteiger partial charge >= 0.3 is 5.97 Å². The molecular formula is C14H12N4O3. The maximum absolute atomic E-state index is 11.2. The summed E-state index contributed by atoms with van der Waals surface area (Å²) in [5.41, 5.74) is 1.84. The lowest BCUT2D eigenvalue weighted by Gasteiger charge is -2.06. The number of carbonyl (C=O) groups is 1. The molecule has 0 spiro atoms. The quantitative estimate of drug-likeness (QED) is 0.788. The molecule has 106 valence electrons. The highest BCUT2D eigenvalue weighted by molar-refractivity contribution is 5.92. The molecule has 7 nitrogen and oxygen atoms in total. The number of nitrogens with zero attached hydrogens (tertiary/aromatic N) is 4. The average Bonchev–Trinajstić information content (AvgIpc) is 3.07. The highest BCUT2D eigenvalue weighted by Gasteiger charge is 2.30. The largest absolute Gasteiger partial charge is 0.478 e. The molecule has 2 aromatic heterocycles. The number of aromatic nitrogens is 4. The van der Waals surface area contributed by atoms with Crippen molar-refractivity contribution in [3.8, 4) is 0 Å². The standard InChI is InChI=1S/C14H12N4O3/c19-14(20)9-3-4-10-11(5-9)18(6-12-15-7-21-17-12)13(16-10)8-1-2-8/h3-5,7-8H,1-2,6H2,(H,19,20). The third-order valence-electron chi connectivity index (χ3n) is 3.67. The second-order valence-electron chi connectivity index (χ2n) is 5.19. The number of hydrogen-bond donors (Lipinski definition) is 1. The summed E-state index contributed by atoms with van der Waals surface area (Å²) in [5.74, 6) is 1.02. The maximum atomic E-state index is 11.2. The molecule has 1 aliphatic carbocycles. The van der Waals surface area contributed by atoms with Crippen molar-refractivity contribution in [3.63, 3.8) is 0 Å². The van der Waals surface area contributed by atoms with E-state index < -0.39 is 5.97 Å². The molecule has 1 aliphatic rings. The SMILES string of the molecule is O=C(O)c1ccc2nc(C3CC3)n(Cc3ncon3)c2c1. The molecule has 2 heterocycles. The zero-order valence-electron chi connectivity index (χ0n) is 11.1. The van der Waals surface area contributed by atoms with Crippen LogP contribution in [-0.4, -0.2) is 30.8 Å². The van der Waals surface area contributed by atoms with E-state index in [1.165, 1.54) is 6.39 Å². The minimum atomic E-state index is -0.947. The zero-order chi connectivity index (χ0) is 14.4. The maximum Gasteiger partial charge on any atom is 0.335 e. The van der Waals surface area contributed by atoms with Crippen molar-refractivity contribution in [2.75, 3.05) is 0 Å². The van der Waals surface area contributed by atoms with Crippen LogP contribution < -0.4 is 0 Å². The van der Waals surface area contributed by atoms with Crippen molar-refractivity contribution < 1.29 is 14.4 Å². The van der Waals surface area contributed by atoms with Crippen molar-refractivity contribution in [3.05, 3.63) is 41.8 Å². The second-order valence-corrected chi connectivity index (χ2v) is 5.19. The number of hydrogen-bond acceptors (Lipinski definition) is 5. The Morgan fingerprint density at radius 1 is 1.43 bits per heavy atom. The van der Waals surface area contributed by atoms with Crippen molar-refractivity contribution in [1.82, 2.24) is 19.7 Å². The summed E-state index contributed by atoms with van der Waals surface area (Å²) >= 11 is 0. The Morgan fingerprint density at radius 3 is 2.95 bits per heavy atom. The normalized spacial score (nSPS) is 14.7. The molecule has 0 saturated heterocycles. The highest BCUT2D eigenvalue weighted by Crippen LogP contribution is 2.40. The highest BCUT2D eigenvalue weighted by atomic mass is 16.5. The van der Waals surface area contributed by atoms with Crippen LogP contribution in [0, 0.1) is 0 Å². The molecule has 0 radical (unpaired) electrons. The Hall–Kier alpha value is -2.70. The second kappa shape index (κ2) is 4.41. The Bertz CT molecular complexity index is 818. The van der Waals surface area contributed by atoms with Gasteiger partial charge in [0.05, 0.1) is 23.1 Å². The molecule has 1 saturated carbocycles. The number of rotatable bonds is 4. The monoisotopic (exact) mass is 284 g/mol. The number of fused-ring (bicyclic) bond motifs is 1. The first-order chi connectivity index (χ1) is 10.2. The van der Waals surface area contributed by atoms with E-state index in [0.717, 1.165) is 29.7 Å². The Balaban J connectivity index is 1.88. The van der Waals surface area contributed by atoms with E-state index in [2.05, 4.69) is 15.1 Å². The molecule has 1 fully saturated rings. The number of carboxylic acids is 1. The molecule has 4 rings (SSSR count). The van der Waals surface area contributed by atoms with Gasteiger partial charge in [0.2, 0.25) is 6.39 Å². The topological polar surface area (TPSA) is 94.0 Å². The first-order valence-electron chi connectivity index (χ1n) is 6.71. The van der Waals surface area contributed by atoms with Gasteiger partial charge in [0, 0.05) is 5.92 Å². The van der Waals surface area contributed by atoms with E-state index in [1.807, 2.05) is 4.57 Å². The molecule has 0 atom stereocenters. The molecule has 3 aromatic rings. The lowest BCUT2D eigenvalue weighted by atomic mass is 10.2. The van der Waals surface area contributed by atoms with E-state index in [-0.39, 0.29) is 5.56 Å². The number of aromatic carboxylic acids is 1. The van der Waals surface area contributed by atoms with E-state index in [9.17, 15) is 4.79 Å². The fraction of sp³-hybridized carbons (Fsp3) is 0.286. The third kappa shape index (κ3) is 2.06. The Kier molecular flexibility index (Phi) is 2.53. The summed E-state index contributed by atoms with van der Waals surface area (Å²) in [6.07, 6.45) is 3.51. The molecule has 7 heteroatoms. The first kappa shape index (κ1) is 12.1. The number of imidazole rings is 1. The average molecular weight is 284 g/mol. The van der Waals surface area contributed by atoms with Crippen molar-refractivity contribution in [2.45, 2.75) is 25.3 Å². The van der Waals surface area contributed by atoms with Gasteiger partial charge in [0.1, 0.15) is 5.82 Å². The third-order valence-corrected chi connectivity index (χ3v) is 3.67. The van der Waals surface area contributed by atoms with Crippen LogP contribution in [0.15, 0.2) is 29.1 Å². The van der Waals surface area contributed by atoms with E-state index in [0.29, 0.717) is 18.3 Å². The summed E-state index contributed by atoms with van der Waals surface area (Å²) in [6, 6.07) is 4.97. The Morgan fingerprint density at radius 2 is 2.29 bits per heavy atom. The van der Waals surface area contributed by atoms with Crippen LogP contribution in [-0.2, 0) is 6.54 Å². The summed E-state index contributed by atoms with van der Waals surface area (Å²) in [4.78, 5) is 19.8. The van der Waals surface area contributed by atoms with E-state index in [1.54, 1.807) is 18.2 Å². The van der Waals surface area contributed by atoms with E-state index >= 15 is 0 Å². The van der Waals surface area contributed by atoms with E-state index in [4.69, 9.17) is 9.63 Å². The minimum Gasteiger partial charge on any atom is -0.478 e. The molecular weight excluding hydrogens is 272 g/mol. The summed E-state index contributed by atoms with van der Waals surface area (Å²) in [6.45, 7) is 0.432. The smallest absolute Gasteiger partial charge is 0.335 e. The van der Waals surface area contributed by atoms with Crippen LogP contribution >= 0.6 is 0 Å². The number of benzene rings is 1. The van der Waals surface area contributed by atoms with Gasteiger partial charge in [-0.05, 0) is 31.0 Å².